The molecule has 35 heavy (non-hydrogen) atoms. The number of nitrogens with two attached hydrogens (primary N) is 1. The number of nitrogens with one attached hydrogen (secondary N) is 1. The minimum Gasteiger partial charge on any atom is -0.480 e. The fourth-order valence-corrected chi connectivity index (χ4v) is 4.29. The number of amides is 2. The molecular weight excluding hydrogens is 454 g/mol. The van der Waals surface area contributed by atoms with E-state index in [4.69, 9.17) is 15.2 Å². The van der Waals surface area contributed by atoms with E-state index in [1.54, 1.807) is 27.7 Å². The van der Waals surface area contributed by atoms with E-state index >= 15 is 0 Å². The maximum absolute atomic E-state index is 13.1. The highest BCUT2D eigenvalue weighted by Crippen LogP contribution is 2.43. The van der Waals surface area contributed by atoms with Crippen LogP contribution in [0.15, 0.2) is 12.2 Å². The molecule has 10 nitrogen and oxygen atoms in total. The molecule has 2 amide bonds. The number of unbranched alkanes of at least 4 members (excludes halogenated alkanes) is 3. The number of alkyl carbamates (subject to hydrolysis) is 1. The highest BCUT2D eigenvalue weighted by Gasteiger charge is 2.56. The van der Waals surface area contributed by atoms with Gasteiger partial charge in [-0.25, -0.2) is 9.59 Å². The number of carbonyl (C=O) groups excluding carboxylic acids is 3. The Morgan fingerprint density at radius 3 is 2.57 bits per heavy atom. The first kappa shape index (κ1) is 28.6. The van der Waals surface area contributed by atoms with Gasteiger partial charge in [-0.2, -0.15) is 0 Å². The van der Waals surface area contributed by atoms with Crippen LogP contribution >= 0.6 is 0 Å². The van der Waals surface area contributed by atoms with Crippen molar-refractivity contribution in [2.45, 2.75) is 102 Å². The first-order valence-corrected chi connectivity index (χ1v) is 12.5. The van der Waals surface area contributed by atoms with Crippen molar-refractivity contribution in [3.05, 3.63) is 12.2 Å². The average Bonchev–Trinajstić information content (AvgIpc) is 3.18. The Morgan fingerprint density at radius 1 is 1.23 bits per heavy atom. The number of rotatable bonds is 12. The van der Waals surface area contributed by atoms with Gasteiger partial charge in [0.2, 0.25) is 5.91 Å². The van der Waals surface area contributed by atoms with Gasteiger partial charge >= 0.3 is 18.0 Å². The summed E-state index contributed by atoms with van der Waals surface area (Å²) in [6.45, 7) is 7.64. The van der Waals surface area contributed by atoms with E-state index < -0.39 is 35.3 Å². The van der Waals surface area contributed by atoms with Crippen molar-refractivity contribution in [3.63, 3.8) is 0 Å². The summed E-state index contributed by atoms with van der Waals surface area (Å²) >= 11 is 0. The van der Waals surface area contributed by atoms with Crippen LogP contribution in [0.5, 0.6) is 0 Å². The molecule has 0 bridgehead atoms. The summed E-state index contributed by atoms with van der Waals surface area (Å²) < 4.78 is 10.3. The fraction of sp³-hybridized carbons (Fsp3) is 0.760. The van der Waals surface area contributed by atoms with E-state index in [1.807, 2.05) is 12.2 Å². The fourth-order valence-electron chi connectivity index (χ4n) is 4.29. The Labute approximate surface area is 207 Å². The maximum Gasteiger partial charge on any atom is 0.408 e. The molecule has 2 rings (SSSR count). The Morgan fingerprint density at radius 2 is 1.94 bits per heavy atom. The molecule has 0 aromatic heterocycles. The van der Waals surface area contributed by atoms with Crippen molar-refractivity contribution >= 4 is 23.9 Å². The summed E-state index contributed by atoms with van der Waals surface area (Å²) in [5.41, 5.74) is 4.46. The average molecular weight is 496 g/mol. The minimum atomic E-state index is -1.03. The van der Waals surface area contributed by atoms with Crippen molar-refractivity contribution in [1.82, 2.24) is 10.2 Å². The van der Waals surface area contributed by atoms with Crippen LogP contribution in [0, 0.1) is 5.92 Å². The largest absolute Gasteiger partial charge is 0.480 e. The Kier molecular flexibility index (Phi) is 10.1. The van der Waals surface area contributed by atoms with Crippen molar-refractivity contribution in [2.24, 2.45) is 11.7 Å². The predicted molar refractivity (Wildman–Crippen MR) is 129 cm³/mol. The molecule has 1 saturated carbocycles. The van der Waals surface area contributed by atoms with Crippen LogP contribution in [0.25, 0.3) is 0 Å². The van der Waals surface area contributed by atoms with Crippen molar-refractivity contribution in [1.29, 1.82) is 0 Å². The summed E-state index contributed by atoms with van der Waals surface area (Å²) in [7, 11) is 0. The number of ether oxygens (including phenoxy) is 2. The van der Waals surface area contributed by atoms with Crippen LogP contribution in [0.3, 0.4) is 0 Å². The Bertz CT molecular complexity index is 807. The van der Waals surface area contributed by atoms with E-state index in [-0.39, 0.29) is 17.8 Å². The van der Waals surface area contributed by atoms with Gasteiger partial charge in [0.25, 0.3) is 0 Å². The Hall–Kier alpha value is -2.62. The molecule has 1 aliphatic carbocycles. The zero-order valence-electron chi connectivity index (χ0n) is 21.4. The molecule has 1 heterocycles. The van der Waals surface area contributed by atoms with Crippen LogP contribution in [0.2, 0.25) is 0 Å². The lowest BCUT2D eigenvalue weighted by molar-refractivity contribution is -0.149. The number of esters is 1. The van der Waals surface area contributed by atoms with Gasteiger partial charge in [-0.3, -0.25) is 9.59 Å². The van der Waals surface area contributed by atoms with E-state index in [0.29, 0.717) is 45.3 Å². The summed E-state index contributed by atoms with van der Waals surface area (Å²) in [6, 6.07) is -1.70. The van der Waals surface area contributed by atoms with Gasteiger partial charge in [-0.05, 0) is 66.2 Å². The van der Waals surface area contributed by atoms with Gasteiger partial charge < -0.3 is 30.5 Å². The quantitative estimate of drug-likeness (QED) is 0.213. The molecule has 0 spiro atoms. The number of allylic oxidation sites excluding steroid dienone is 1. The monoisotopic (exact) mass is 495 g/mol. The number of carboxylic acid groups (broad SMARTS) is 1. The second kappa shape index (κ2) is 12.4. The minimum absolute atomic E-state index is 0.00391. The molecule has 1 aliphatic heterocycles. The molecule has 1 saturated heterocycles. The predicted octanol–water partition coefficient (Wildman–Crippen LogP) is 2.74. The van der Waals surface area contributed by atoms with E-state index in [0.717, 1.165) is 19.3 Å². The number of carbonyl (C=O) groups is 4. The molecule has 2 fully saturated rings. The summed E-state index contributed by atoms with van der Waals surface area (Å²) in [5, 5.41) is 12.1. The van der Waals surface area contributed by atoms with Gasteiger partial charge in [0.05, 0.1) is 6.61 Å². The lowest BCUT2D eigenvalue weighted by Crippen LogP contribution is -2.52. The molecule has 0 aromatic rings. The standard InChI is InChI=1S/C25H41N3O7/c1-5-34-22(32)25(26)16-17(25)12-9-7-6-8-10-13-18(27-23(33)35-24(2,3)4)20(29)28-15-11-14-19(28)21(30)31/h9,12,17-19H,5-8,10-11,13-16,26H2,1-4H3,(H,27,33)(H,30,31)/b12-9-/t17-,18+,19+,25-/m1/s1. The first-order valence-electron chi connectivity index (χ1n) is 12.5. The highest BCUT2D eigenvalue weighted by molar-refractivity contribution is 5.89. The van der Waals surface area contributed by atoms with Crippen molar-refractivity contribution in [2.75, 3.05) is 13.2 Å². The molecule has 2 aliphatic rings. The van der Waals surface area contributed by atoms with E-state index in [2.05, 4.69) is 5.32 Å². The third-order valence-corrected chi connectivity index (χ3v) is 6.26. The number of hydrogen-bond acceptors (Lipinski definition) is 7. The topological polar surface area (TPSA) is 148 Å². The number of nitrogens with zero attached hydrogens (tertiary/aromatic N) is 1. The second-order valence-corrected chi connectivity index (χ2v) is 10.4. The van der Waals surface area contributed by atoms with Gasteiger partial charge in [0.15, 0.2) is 0 Å². The molecule has 0 unspecified atom stereocenters. The van der Waals surface area contributed by atoms with Crippen LogP contribution in [-0.2, 0) is 23.9 Å². The molecule has 4 atom stereocenters. The second-order valence-electron chi connectivity index (χ2n) is 10.4. The van der Waals surface area contributed by atoms with E-state index in [9.17, 15) is 24.3 Å². The van der Waals surface area contributed by atoms with Crippen LogP contribution < -0.4 is 11.1 Å². The van der Waals surface area contributed by atoms with Crippen LogP contribution in [-0.4, -0.2) is 70.3 Å². The first-order chi connectivity index (χ1) is 16.4. The van der Waals surface area contributed by atoms with Gasteiger partial charge in [-0.1, -0.05) is 25.0 Å². The summed E-state index contributed by atoms with van der Waals surface area (Å²) in [5.74, 6) is -1.76. The van der Waals surface area contributed by atoms with Crippen LogP contribution in [0.1, 0.15) is 79.1 Å². The maximum atomic E-state index is 13.1. The normalized spacial score (nSPS) is 24.8. The third-order valence-electron chi connectivity index (χ3n) is 6.26. The SMILES string of the molecule is CCOC(=O)[C@@]1(N)C[C@H]1/C=C\CCCCC[C@H](NC(=O)OC(C)(C)C)C(=O)N1CCC[C@H]1C(=O)O. The smallest absolute Gasteiger partial charge is 0.408 e. The summed E-state index contributed by atoms with van der Waals surface area (Å²) in [6.07, 6.45) is 8.48. The Balaban J connectivity index is 1.82. The van der Waals surface area contributed by atoms with Crippen LogP contribution in [0.4, 0.5) is 4.79 Å². The zero-order valence-corrected chi connectivity index (χ0v) is 21.4. The third kappa shape index (κ3) is 8.52. The number of hydrogen-bond donors (Lipinski definition) is 3. The molecular formula is C25H41N3O7. The lowest BCUT2D eigenvalue weighted by Gasteiger charge is -2.28. The van der Waals surface area contributed by atoms with Crippen molar-refractivity contribution < 1.29 is 33.8 Å². The van der Waals surface area contributed by atoms with E-state index in [1.165, 1.54) is 4.90 Å². The van der Waals surface area contributed by atoms with Gasteiger partial charge in [0, 0.05) is 12.5 Å². The highest BCUT2D eigenvalue weighted by atomic mass is 16.6. The van der Waals surface area contributed by atoms with Gasteiger partial charge in [-0.15, -0.1) is 0 Å². The lowest BCUT2D eigenvalue weighted by atomic mass is 10.0. The summed E-state index contributed by atoms with van der Waals surface area (Å²) in [4.78, 5) is 50.2. The number of carboxylic acids is 1. The zero-order chi connectivity index (χ0) is 26.2. The molecule has 0 aromatic carbocycles. The van der Waals surface area contributed by atoms with Crippen molar-refractivity contribution in [3.8, 4) is 0 Å². The van der Waals surface area contributed by atoms with Gasteiger partial charge in [0.1, 0.15) is 23.2 Å². The number of likely N-dealkylation sites (tertiary alicyclic amines) is 1. The number of aliphatic carboxylic acids is 1. The molecule has 4 N–H and O–H groups in total. The molecule has 10 heteroatoms. The molecule has 198 valence electrons. The molecule has 0 radical (unpaired) electrons.